The molecule has 0 aromatic carbocycles. The van der Waals surface area contributed by atoms with Gasteiger partial charge >= 0.3 is 0 Å². The zero-order chi connectivity index (χ0) is 12.5. The maximum atomic E-state index is 4.82. The zero-order valence-corrected chi connectivity index (χ0v) is 12.3. The van der Waals surface area contributed by atoms with Crippen LogP contribution < -0.4 is 5.32 Å². The van der Waals surface area contributed by atoms with Gasteiger partial charge in [0.25, 0.3) is 0 Å². The Morgan fingerprint density at radius 1 is 1.18 bits per heavy atom. The summed E-state index contributed by atoms with van der Waals surface area (Å²) < 4.78 is 0. The van der Waals surface area contributed by atoms with Crippen LogP contribution in [0.3, 0.4) is 0 Å². The lowest BCUT2D eigenvalue weighted by molar-refractivity contribution is 0.216. The summed E-state index contributed by atoms with van der Waals surface area (Å²) in [6.07, 6.45) is 6.54. The number of nitrogens with zero attached hydrogens (tertiary/aromatic N) is 1. The predicted molar refractivity (Wildman–Crippen MR) is 74.6 cm³/mol. The van der Waals surface area contributed by atoms with Gasteiger partial charge in [-0.3, -0.25) is 0 Å². The molecule has 0 unspecified atom stereocenters. The molecule has 0 spiro atoms. The maximum Gasteiger partial charge on any atom is 0.113 e. The van der Waals surface area contributed by atoms with E-state index in [9.17, 15) is 0 Å². The molecule has 1 heterocycles. The Kier molecular flexibility index (Phi) is 3.88. The van der Waals surface area contributed by atoms with E-state index in [0.717, 1.165) is 0 Å². The van der Waals surface area contributed by atoms with Gasteiger partial charge in [-0.2, -0.15) is 0 Å². The highest BCUT2D eigenvalue weighted by Gasteiger charge is 2.37. The average molecular weight is 252 g/mol. The first-order valence-corrected chi connectivity index (χ1v) is 7.57. The third kappa shape index (κ3) is 2.71. The lowest BCUT2D eigenvalue weighted by Gasteiger charge is -2.38. The molecule has 2 nitrogen and oxygen atoms in total. The van der Waals surface area contributed by atoms with Crippen LogP contribution >= 0.6 is 11.3 Å². The molecular weight excluding hydrogens is 228 g/mol. The van der Waals surface area contributed by atoms with Crippen LogP contribution in [-0.4, -0.2) is 11.0 Å². The number of hydrogen-bond donors (Lipinski definition) is 1. The summed E-state index contributed by atoms with van der Waals surface area (Å²) in [4.78, 5) is 6.19. The first kappa shape index (κ1) is 13.0. The predicted octanol–water partition coefficient (Wildman–Crippen LogP) is 3.92. The van der Waals surface area contributed by atoms with E-state index in [-0.39, 0.29) is 5.54 Å². The Bertz CT molecular complexity index is 356. The highest BCUT2D eigenvalue weighted by molar-refractivity contribution is 7.11. The van der Waals surface area contributed by atoms with Gasteiger partial charge in [0.2, 0.25) is 0 Å². The smallest absolute Gasteiger partial charge is 0.113 e. The molecular formula is C14H24N2S. The minimum atomic E-state index is 0.163. The van der Waals surface area contributed by atoms with Crippen molar-refractivity contribution in [3.8, 4) is 0 Å². The summed E-state index contributed by atoms with van der Waals surface area (Å²) in [7, 11) is 0. The Labute approximate surface area is 109 Å². The van der Waals surface area contributed by atoms with E-state index in [2.05, 4.69) is 33.0 Å². The van der Waals surface area contributed by atoms with E-state index in [1.54, 1.807) is 0 Å². The van der Waals surface area contributed by atoms with Crippen molar-refractivity contribution >= 4 is 11.3 Å². The normalized spacial score (nSPS) is 19.8. The van der Waals surface area contributed by atoms with Crippen molar-refractivity contribution in [3.63, 3.8) is 0 Å². The molecule has 96 valence electrons. The van der Waals surface area contributed by atoms with Crippen LogP contribution in [-0.2, 0) is 5.54 Å². The zero-order valence-electron chi connectivity index (χ0n) is 11.5. The van der Waals surface area contributed by atoms with E-state index in [0.29, 0.717) is 6.04 Å². The number of hydrogen-bond acceptors (Lipinski definition) is 3. The van der Waals surface area contributed by atoms with E-state index in [1.807, 2.05) is 11.3 Å². The third-order valence-corrected chi connectivity index (χ3v) is 4.99. The second-order valence-electron chi connectivity index (χ2n) is 5.60. The fourth-order valence-electron chi connectivity index (χ4n) is 2.81. The molecule has 1 aliphatic carbocycles. The van der Waals surface area contributed by atoms with Crippen molar-refractivity contribution in [2.24, 2.45) is 0 Å². The third-order valence-electron chi connectivity index (χ3n) is 3.71. The average Bonchev–Trinajstić information content (AvgIpc) is 2.60. The van der Waals surface area contributed by atoms with Crippen LogP contribution in [0.25, 0.3) is 0 Å². The van der Waals surface area contributed by atoms with Crippen LogP contribution in [0.15, 0.2) is 0 Å². The molecule has 1 aromatic rings. The van der Waals surface area contributed by atoms with Crippen molar-refractivity contribution in [1.82, 2.24) is 10.3 Å². The van der Waals surface area contributed by atoms with E-state index < -0.39 is 0 Å². The highest BCUT2D eigenvalue weighted by atomic mass is 32.1. The minimum Gasteiger partial charge on any atom is -0.303 e. The Hall–Kier alpha value is -0.410. The largest absolute Gasteiger partial charge is 0.303 e. The molecule has 1 fully saturated rings. The van der Waals surface area contributed by atoms with Gasteiger partial charge in [-0.1, -0.05) is 19.3 Å². The second kappa shape index (κ2) is 5.07. The topological polar surface area (TPSA) is 24.9 Å². The molecule has 1 aliphatic rings. The SMILES string of the molecule is Cc1nc(C2(NC(C)C)CCCCC2)sc1C. The van der Waals surface area contributed by atoms with Crippen molar-refractivity contribution in [3.05, 3.63) is 15.6 Å². The van der Waals surface area contributed by atoms with E-state index >= 15 is 0 Å². The number of aryl methyl sites for hydroxylation is 2. The molecule has 0 bridgehead atoms. The number of rotatable bonds is 3. The van der Waals surface area contributed by atoms with Gasteiger partial charge in [0.1, 0.15) is 5.01 Å². The molecule has 3 heteroatoms. The molecule has 1 saturated carbocycles. The lowest BCUT2D eigenvalue weighted by Crippen LogP contribution is -2.47. The molecule has 17 heavy (non-hydrogen) atoms. The van der Waals surface area contributed by atoms with Crippen LogP contribution in [0.4, 0.5) is 0 Å². The van der Waals surface area contributed by atoms with Crippen LogP contribution in [0.1, 0.15) is 61.5 Å². The summed E-state index contributed by atoms with van der Waals surface area (Å²) in [6.45, 7) is 8.79. The number of aromatic nitrogens is 1. The molecule has 0 atom stereocenters. The highest BCUT2D eigenvalue weighted by Crippen LogP contribution is 2.40. The fourth-order valence-corrected chi connectivity index (χ4v) is 3.93. The van der Waals surface area contributed by atoms with Crippen LogP contribution in [0.5, 0.6) is 0 Å². The summed E-state index contributed by atoms with van der Waals surface area (Å²) >= 11 is 1.89. The Balaban J connectivity index is 2.31. The molecule has 0 amide bonds. The fraction of sp³-hybridized carbons (Fsp3) is 0.786. The molecule has 2 rings (SSSR count). The first-order valence-electron chi connectivity index (χ1n) is 6.76. The molecule has 1 N–H and O–H groups in total. The standard InChI is InChI=1S/C14H24N2S/c1-10(2)16-14(8-6-5-7-9-14)13-15-11(3)12(4)17-13/h10,16H,5-9H2,1-4H3. The van der Waals surface area contributed by atoms with Crippen molar-refractivity contribution < 1.29 is 0 Å². The van der Waals surface area contributed by atoms with Crippen LogP contribution in [0, 0.1) is 13.8 Å². The Morgan fingerprint density at radius 3 is 2.29 bits per heavy atom. The number of nitrogens with one attached hydrogen (secondary N) is 1. The Morgan fingerprint density at radius 2 is 1.82 bits per heavy atom. The summed E-state index contributed by atoms with van der Waals surface area (Å²) in [6, 6.07) is 0.526. The lowest BCUT2D eigenvalue weighted by atomic mass is 9.81. The van der Waals surface area contributed by atoms with Gasteiger partial charge in [0.05, 0.1) is 11.2 Å². The van der Waals surface area contributed by atoms with Gasteiger partial charge in [-0.05, 0) is 40.5 Å². The van der Waals surface area contributed by atoms with Gasteiger partial charge in [-0.25, -0.2) is 4.98 Å². The van der Waals surface area contributed by atoms with E-state index in [1.165, 1.54) is 47.7 Å². The summed E-state index contributed by atoms with van der Waals surface area (Å²) in [5, 5.41) is 5.12. The van der Waals surface area contributed by atoms with Crippen molar-refractivity contribution in [2.45, 2.75) is 71.4 Å². The number of thiazole rings is 1. The molecule has 0 radical (unpaired) electrons. The van der Waals surface area contributed by atoms with Crippen molar-refractivity contribution in [1.29, 1.82) is 0 Å². The summed E-state index contributed by atoms with van der Waals surface area (Å²) in [5.74, 6) is 0. The molecule has 0 aliphatic heterocycles. The van der Waals surface area contributed by atoms with Crippen molar-refractivity contribution in [2.75, 3.05) is 0 Å². The monoisotopic (exact) mass is 252 g/mol. The van der Waals surface area contributed by atoms with Crippen LogP contribution in [0.2, 0.25) is 0 Å². The van der Waals surface area contributed by atoms with Gasteiger partial charge < -0.3 is 5.32 Å². The van der Waals surface area contributed by atoms with Gasteiger partial charge in [0.15, 0.2) is 0 Å². The maximum absolute atomic E-state index is 4.82. The quantitative estimate of drug-likeness (QED) is 0.882. The minimum absolute atomic E-state index is 0.163. The van der Waals surface area contributed by atoms with Gasteiger partial charge in [-0.15, -0.1) is 11.3 Å². The van der Waals surface area contributed by atoms with E-state index in [4.69, 9.17) is 4.98 Å². The molecule has 0 saturated heterocycles. The summed E-state index contributed by atoms with van der Waals surface area (Å²) in [5.41, 5.74) is 1.37. The molecule has 1 aromatic heterocycles. The first-order chi connectivity index (χ1) is 8.03. The van der Waals surface area contributed by atoms with Gasteiger partial charge in [0, 0.05) is 10.9 Å². The second-order valence-corrected chi connectivity index (χ2v) is 6.81.